The molecular weight excluding hydrogens is 288 g/mol. The van der Waals surface area contributed by atoms with Gasteiger partial charge in [0.15, 0.2) is 0 Å². The highest BCUT2D eigenvalue weighted by Crippen LogP contribution is 2.17. The van der Waals surface area contributed by atoms with Crippen molar-refractivity contribution in [1.29, 1.82) is 0 Å². The van der Waals surface area contributed by atoms with Crippen LogP contribution < -0.4 is 10.9 Å². The van der Waals surface area contributed by atoms with Crippen LogP contribution in [0.1, 0.15) is 40.2 Å². The monoisotopic (exact) mass is 310 g/mol. The maximum atomic E-state index is 12.4. The van der Waals surface area contributed by atoms with Crippen molar-refractivity contribution in [2.24, 2.45) is 0 Å². The summed E-state index contributed by atoms with van der Waals surface area (Å²) in [5.74, 6) is -0.493. The Morgan fingerprint density at radius 1 is 1.36 bits per heavy atom. The topological polar surface area (TPSA) is 86.6 Å². The molecule has 1 aromatic rings. The predicted molar refractivity (Wildman–Crippen MR) is 81.9 cm³/mol. The highest BCUT2D eigenvalue weighted by molar-refractivity contribution is 5.84. The number of aromatic nitrogens is 1. The van der Waals surface area contributed by atoms with Gasteiger partial charge in [-0.2, -0.15) is 0 Å². The van der Waals surface area contributed by atoms with Gasteiger partial charge in [0, 0.05) is 6.20 Å². The quantitative estimate of drug-likeness (QED) is 0.862. The van der Waals surface area contributed by atoms with Crippen molar-refractivity contribution in [2.75, 3.05) is 12.4 Å². The molecule has 0 aliphatic heterocycles. The lowest BCUT2D eigenvalue weighted by Gasteiger charge is -2.24. The maximum absolute atomic E-state index is 12.4. The maximum Gasteiger partial charge on any atom is 0.411 e. The zero-order chi connectivity index (χ0) is 16.9. The minimum absolute atomic E-state index is 0.0383. The van der Waals surface area contributed by atoms with Gasteiger partial charge in [0.05, 0.1) is 7.11 Å². The molecule has 0 bridgehead atoms. The Kier molecular flexibility index (Phi) is 5.73. The van der Waals surface area contributed by atoms with Gasteiger partial charge in [-0.3, -0.25) is 14.7 Å². The van der Waals surface area contributed by atoms with E-state index in [1.165, 1.54) is 23.9 Å². The molecule has 7 heteroatoms. The Balaban J connectivity index is 3.13. The Labute approximate surface area is 129 Å². The molecule has 0 saturated heterocycles. The molecule has 0 saturated carbocycles. The van der Waals surface area contributed by atoms with Crippen LogP contribution >= 0.6 is 0 Å². The van der Waals surface area contributed by atoms with E-state index < -0.39 is 29.3 Å². The molecule has 0 aliphatic rings. The van der Waals surface area contributed by atoms with Crippen molar-refractivity contribution in [1.82, 2.24) is 4.57 Å². The summed E-state index contributed by atoms with van der Waals surface area (Å²) in [7, 11) is 1.20. The molecule has 0 fully saturated rings. The number of rotatable bonds is 4. The van der Waals surface area contributed by atoms with Crippen molar-refractivity contribution in [3.63, 3.8) is 0 Å². The van der Waals surface area contributed by atoms with Crippen LogP contribution in [-0.4, -0.2) is 29.3 Å². The highest BCUT2D eigenvalue weighted by atomic mass is 16.6. The number of ether oxygens (including phenoxy) is 2. The third-order valence-corrected chi connectivity index (χ3v) is 2.80. The Bertz CT molecular complexity index is 601. The summed E-state index contributed by atoms with van der Waals surface area (Å²) < 4.78 is 11.0. The molecule has 1 atom stereocenters. The summed E-state index contributed by atoms with van der Waals surface area (Å²) >= 11 is 0. The lowest BCUT2D eigenvalue weighted by atomic mass is 10.1. The van der Waals surface area contributed by atoms with Gasteiger partial charge in [0.2, 0.25) is 0 Å². The molecule has 7 nitrogen and oxygen atoms in total. The van der Waals surface area contributed by atoms with Gasteiger partial charge in [-0.15, -0.1) is 0 Å². The van der Waals surface area contributed by atoms with Crippen LogP contribution in [0.4, 0.5) is 10.5 Å². The van der Waals surface area contributed by atoms with Crippen LogP contribution in [0.25, 0.3) is 0 Å². The van der Waals surface area contributed by atoms with E-state index in [1.54, 1.807) is 33.8 Å². The van der Waals surface area contributed by atoms with Gasteiger partial charge >= 0.3 is 12.1 Å². The van der Waals surface area contributed by atoms with Crippen LogP contribution in [-0.2, 0) is 14.3 Å². The summed E-state index contributed by atoms with van der Waals surface area (Å²) in [6.45, 7) is 7.06. The fourth-order valence-corrected chi connectivity index (χ4v) is 1.86. The lowest BCUT2D eigenvalue weighted by Crippen LogP contribution is -2.35. The molecule has 1 aromatic heterocycles. The van der Waals surface area contributed by atoms with Gasteiger partial charge in [-0.1, -0.05) is 6.92 Å². The number of methoxy groups -OCH3 is 1. The standard InChI is InChI=1S/C15H22N2O5/c1-6-11(13(19)22-15(2,3)4)17-9-7-8-10(12(17)18)16-14(20)21-5/h7-9,11H,6H2,1-5H3,(H,16,20)/t11-/m0/s1. The van der Waals surface area contributed by atoms with Crippen LogP contribution in [0, 0.1) is 0 Å². The SMILES string of the molecule is CC[C@@H](C(=O)OC(C)(C)C)n1cccc(NC(=O)OC)c1=O. The first-order valence-electron chi connectivity index (χ1n) is 6.98. The van der Waals surface area contributed by atoms with Crippen LogP contribution in [0.3, 0.4) is 0 Å². The van der Waals surface area contributed by atoms with Crippen molar-refractivity contribution in [2.45, 2.75) is 45.8 Å². The summed E-state index contributed by atoms with van der Waals surface area (Å²) in [6, 6.07) is 2.25. The molecular formula is C15H22N2O5. The molecule has 0 radical (unpaired) electrons. The molecule has 0 spiro atoms. The molecule has 0 unspecified atom stereocenters. The molecule has 22 heavy (non-hydrogen) atoms. The first kappa shape index (κ1) is 17.7. The number of nitrogens with zero attached hydrogens (tertiary/aromatic N) is 1. The minimum Gasteiger partial charge on any atom is -0.458 e. The molecule has 0 aromatic carbocycles. The third-order valence-electron chi connectivity index (χ3n) is 2.80. The summed E-state index contributed by atoms with van der Waals surface area (Å²) in [4.78, 5) is 35.8. The van der Waals surface area contributed by atoms with E-state index in [-0.39, 0.29) is 5.69 Å². The number of nitrogens with one attached hydrogen (secondary N) is 1. The number of anilines is 1. The molecule has 0 aliphatic carbocycles. The Hall–Kier alpha value is -2.31. The number of amides is 1. The fourth-order valence-electron chi connectivity index (χ4n) is 1.86. The predicted octanol–water partition coefficient (Wildman–Crippen LogP) is 2.32. The second kappa shape index (κ2) is 7.11. The van der Waals surface area contributed by atoms with E-state index in [1.807, 2.05) is 0 Å². The first-order valence-corrected chi connectivity index (χ1v) is 6.98. The van der Waals surface area contributed by atoms with E-state index in [0.717, 1.165) is 0 Å². The fraction of sp³-hybridized carbons (Fsp3) is 0.533. The average molecular weight is 310 g/mol. The number of carbonyl (C=O) groups is 2. The number of hydrogen-bond donors (Lipinski definition) is 1. The lowest BCUT2D eigenvalue weighted by molar-refractivity contribution is -0.159. The molecule has 122 valence electrons. The molecule has 1 heterocycles. The second-order valence-electron chi connectivity index (χ2n) is 5.71. The first-order chi connectivity index (χ1) is 10.2. The van der Waals surface area contributed by atoms with E-state index in [0.29, 0.717) is 6.42 Å². The van der Waals surface area contributed by atoms with Crippen molar-refractivity contribution in [3.05, 3.63) is 28.7 Å². The Morgan fingerprint density at radius 3 is 2.50 bits per heavy atom. The average Bonchev–Trinajstić information content (AvgIpc) is 2.41. The number of esters is 1. The molecule has 1 N–H and O–H groups in total. The Morgan fingerprint density at radius 2 is 2.00 bits per heavy atom. The largest absolute Gasteiger partial charge is 0.458 e. The van der Waals surface area contributed by atoms with Crippen LogP contribution in [0.15, 0.2) is 23.1 Å². The van der Waals surface area contributed by atoms with E-state index in [4.69, 9.17) is 4.74 Å². The van der Waals surface area contributed by atoms with Gasteiger partial charge in [0.25, 0.3) is 5.56 Å². The van der Waals surface area contributed by atoms with Gasteiger partial charge < -0.3 is 9.47 Å². The van der Waals surface area contributed by atoms with Crippen LogP contribution in [0.2, 0.25) is 0 Å². The molecule has 1 rings (SSSR count). The van der Waals surface area contributed by atoms with Gasteiger partial charge in [0.1, 0.15) is 17.3 Å². The number of pyridine rings is 1. The van der Waals surface area contributed by atoms with E-state index >= 15 is 0 Å². The van der Waals surface area contributed by atoms with E-state index in [2.05, 4.69) is 10.1 Å². The second-order valence-corrected chi connectivity index (χ2v) is 5.71. The molecule has 1 amide bonds. The van der Waals surface area contributed by atoms with Gasteiger partial charge in [-0.25, -0.2) is 9.59 Å². The van der Waals surface area contributed by atoms with Crippen LogP contribution in [0.5, 0.6) is 0 Å². The summed E-state index contributed by atoms with van der Waals surface area (Å²) in [5.41, 5.74) is -1.10. The smallest absolute Gasteiger partial charge is 0.411 e. The zero-order valence-electron chi connectivity index (χ0n) is 13.5. The number of hydrogen-bond acceptors (Lipinski definition) is 5. The van der Waals surface area contributed by atoms with Crippen molar-refractivity contribution < 1.29 is 19.1 Å². The number of carbonyl (C=O) groups excluding carboxylic acids is 2. The van der Waals surface area contributed by atoms with Crippen molar-refractivity contribution in [3.8, 4) is 0 Å². The van der Waals surface area contributed by atoms with Crippen molar-refractivity contribution >= 4 is 17.7 Å². The minimum atomic E-state index is -0.758. The zero-order valence-corrected chi connectivity index (χ0v) is 13.5. The van der Waals surface area contributed by atoms with E-state index in [9.17, 15) is 14.4 Å². The highest BCUT2D eigenvalue weighted by Gasteiger charge is 2.26. The summed E-state index contributed by atoms with van der Waals surface area (Å²) in [5, 5.41) is 2.32. The van der Waals surface area contributed by atoms with Gasteiger partial charge in [-0.05, 0) is 39.3 Å². The summed E-state index contributed by atoms with van der Waals surface area (Å²) in [6.07, 6.45) is 1.12. The third kappa shape index (κ3) is 4.61. The normalized spacial score (nSPS) is 12.4.